The van der Waals surface area contributed by atoms with Crippen molar-refractivity contribution in [1.82, 2.24) is 4.90 Å². The van der Waals surface area contributed by atoms with Gasteiger partial charge in [-0.15, -0.1) is 11.8 Å². The highest BCUT2D eigenvalue weighted by atomic mass is 32.2. The van der Waals surface area contributed by atoms with Gasteiger partial charge in [0.05, 0.1) is 11.8 Å². The Morgan fingerprint density at radius 2 is 2.50 bits per heavy atom. The van der Waals surface area contributed by atoms with Crippen LogP contribution in [0.2, 0.25) is 0 Å². The number of amides is 1. The van der Waals surface area contributed by atoms with Crippen LogP contribution < -0.4 is 0 Å². The molecule has 2 nitrogen and oxygen atoms in total. The third-order valence-electron chi connectivity index (χ3n) is 2.62. The maximum Gasteiger partial charge on any atom is 0.236 e. The molecule has 0 bridgehead atoms. The summed E-state index contributed by atoms with van der Waals surface area (Å²) in [5.74, 6) is 1.05. The fourth-order valence-electron chi connectivity index (χ4n) is 1.87. The molecule has 1 saturated heterocycles. The summed E-state index contributed by atoms with van der Waals surface area (Å²) in [6.07, 6.45) is 4.32. The van der Waals surface area contributed by atoms with Crippen molar-refractivity contribution in [2.24, 2.45) is 0 Å². The number of hydrogen-bond acceptors (Lipinski definition) is 2. The van der Waals surface area contributed by atoms with Gasteiger partial charge in [0.25, 0.3) is 0 Å². The average Bonchev–Trinajstić information content (AvgIpc) is 2.69. The molecule has 4 heteroatoms. The molecule has 1 amide bonds. The zero-order valence-corrected chi connectivity index (χ0v) is 8.86. The summed E-state index contributed by atoms with van der Waals surface area (Å²) >= 11 is 1.71. The lowest BCUT2D eigenvalue weighted by Crippen LogP contribution is -2.39. The molecular formula is C10H14FNOS. The summed E-state index contributed by atoms with van der Waals surface area (Å²) in [4.78, 5) is 13.5. The normalized spacial score (nSPS) is 27.6. The summed E-state index contributed by atoms with van der Waals surface area (Å²) in [5.41, 5.74) is 0. The summed E-state index contributed by atoms with van der Waals surface area (Å²) in [5, 5.41) is 0.0981. The second kappa shape index (κ2) is 4.34. The number of nitrogens with zero attached hydrogens (tertiary/aromatic N) is 1. The van der Waals surface area contributed by atoms with Gasteiger partial charge in [0, 0.05) is 6.54 Å². The van der Waals surface area contributed by atoms with Gasteiger partial charge in [0.2, 0.25) is 5.91 Å². The van der Waals surface area contributed by atoms with Crippen molar-refractivity contribution in [3.63, 3.8) is 0 Å². The highest BCUT2D eigenvalue weighted by molar-refractivity contribution is 8.00. The van der Waals surface area contributed by atoms with E-state index in [9.17, 15) is 9.18 Å². The maximum absolute atomic E-state index is 12.9. The van der Waals surface area contributed by atoms with Gasteiger partial charge in [0.15, 0.2) is 0 Å². The van der Waals surface area contributed by atoms with E-state index in [4.69, 9.17) is 0 Å². The smallest absolute Gasteiger partial charge is 0.236 e. The van der Waals surface area contributed by atoms with E-state index in [1.54, 1.807) is 22.7 Å². The predicted octanol–water partition coefficient (Wildman–Crippen LogP) is 1.97. The van der Waals surface area contributed by atoms with Gasteiger partial charge in [-0.3, -0.25) is 4.79 Å². The number of thioether (sulfide) groups is 1. The van der Waals surface area contributed by atoms with Gasteiger partial charge >= 0.3 is 0 Å². The van der Waals surface area contributed by atoms with Crippen LogP contribution in [0.4, 0.5) is 4.39 Å². The highest BCUT2D eigenvalue weighted by Crippen LogP contribution is 2.28. The van der Waals surface area contributed by atoms with Crippen LogP contribution in [-0.4, -0.2) is 34.9 Å². The molecule has 2 aliphatic rings. The standard InChI is InChI=1S/C10H14FNOS/c11-8-3-1-5-12(7-8)10(13)9-4-2-6-14-9/h3,9H,1-2,4-7H2/t9-/m0/s1. The highest BCUT2D eigenvalue weighted by Gasteiger charge is 2.28. The minimum Gasteiger partial charge on any atom is -0.335 e. The van der Waals surface area contributed by atoms with Crippen LogP contribution in [0.5, 0.6) is 0 Å². The molecule has 0 unspecified atom stereocenters. The molecule has 0 aromatic heterocycles. The zero-order valence-electron chi connectivity index (χ0n) is 8.04. The molecule has 78 valence electrons. The Hall–Kier alpha value is -0.510. The zero-order chi connectivity index (χ0) is 9.97. The molecule has 0 radical (unpaired) electrons. The van der Waals surface area contributed by atoms with Gasteiger partial charge in [-0.1, -0.05) is 0 Å². The Balaban J connectivity index is 1.94. The molecule has 14 heavy (non-hydrogen) atoms. The molecule has 0 aliphatic carbocycles. The molecule has 0 saturated carbocycles. The summed E-state index contributed by atoms with van der Waals surface area (Å²) in [7, 11) is 0. The van der Waals surface area contributed by atoms with E-state index >= 15 is 0 Å². The largest absolute Gasteiger partial charge is 0.335 e. The van der Waals surface area contributed by atoms with E-state index < -0.39 is 0 Å². The van der Waals surface area contributed by atoms with Gasteiger partial charge in [-0.25, -0.2) is 4.39 Å². The van der Waals surface area contributed by atoms with Crippen molar-refractivity contribution in [2.45, 2.75) is 24.5 Å². The van der Waals surface area contributed by atoms with E-state index in [0.29, 0.717) is 13.0 Å². The molecule has 0 aromatic rings. The first kappa shape index (κ1) is 10.0. The fourth-order valence-corrected chi connectivity index (χ4v) is 3.11. The van der Waals surface area contributed by atoms with E-state index in [-0.39, 0.29) is 23.5 Å². The molecule has 0 spiro atoms. The van der Waals surface area contributed by atoms with Crippen LogP contribution >= 0.6 is 11.8 Å². The van der Waals surface area contributed by atoms with Gasteiger partial charge in [-0.2, -0.15) is 0 Å². The SMILES string of the molecule is O=C([C@@H]1CCCS1)N1CCC=C(F)C1. The van der Waals surface area contributed by atoms with E-state index in [1.807, 2.05) is 0 Å². The summed E-state index contributed by atoms with van der Waals surface area (Å²) < 4.78 is 12.9. The van der Waals surface area contributed by atoms with Gasteiger partial charge in [-0.05, 0) is 31.1 Å². The van der Waals surface area contributed by atoms with Crippen LogP contribution in [0.25, 0.3) is 0 Å². The molecule has 0 aromatic carbocycles. The summed E-state index contributed by atoms with van der Waals surface area (Å²) in [6, 6.07) is 0. The van der Waals surface area contributed by atoms with Crippen molar-refractivity contribution in [3.8, 4) is 0 Å². The van der Waals surface area contributed by atoms with Crippen LogP contribution in [0.1, 0.15) is 19.3 Å². The first-order valence-electron chi connectivity index (χ1n) is 5.02. The monoisotopic (exact) mass is 215 g/mol. The van der Waals surface area contributed by atoms with E-state index in [0.717, 1.165) is 18.6 Å². The molecule has 1 fully saturated rings. The number of carbonyl (C=O) groups is 1. The van der Waals surface area contributed by atoms with Crippen molar-refractivity contribution in [2.75, 3.05) is 18.8 Å². The van der Waals surface area contributed by atoms with Crippen LogP contribution in [-0.2, 0) is 4.79 Å². The maximum atomic E-state index is 12.9. The number of hydrogen-bond donors (Lipinski definition) is 0. The second-order valence-electron chi connectivity index (χ2n) is 3.70. The summed E-state index contributed by atoms with van der Waals surface area (Å²) in [6.45, 7) is 0.874. The molecule has 2 rings (SSSR count). The van der Waals surface area contributed by atoms with Crippen molar-refractivity contribution in [1.29, 1.82) is 0 Å². The first-order chi connectivity index (χ1) is 6.77. The van der Waals surface area contributed by atoms with Gasteiger partial charge < -0.3 is 4.90 Å². The molecule has 2 aliphatic heterocycles. The molecular weight excluding hydrogens is 201 g/mol. The minimum atomic E-state index is -0.160. The van der Waals surface area contributed by atoms with Crippen LogP contribution in [0.15, 0.2) is 11.9 Å². The minimum absolute atomic E-state index is 0.0981. The van der Waals surface area contributed by atoms with Gasteiger partial charge in [0.1, 0.15) is 5.83 Å². The Kier molecular flexibility index (Phi) is 3.11. The van der Waals surface area contributed by atoms with E-state index in [2.05, 4.69) is 0 Å². The molecule has 1 atom stereocenters. The quantitative estimate of drug-likeness (QED) is 0.666. The molecule has 0 N–H and O–H groups in total. The number of halogens is 1. The third kappa shape index (κ3) is 2.11. The molecule has 2 heterocycles. The van der Waals surface area contributed by atoms with Crippen molar-refractivity contribution >= 4 is 17.7 Å². The lowest BCUT2D eigenvalue weighted by atomic mass is 10.2. The van der Waals surface area contributed by atoms with Crippen LogP contribution in [0, 0.1) is 0 Å². The predicted molar refractivity (Wildman–Crippen MR) is 55.9 cm³/mol. The second-order valence-corrected chi connectivity index (χ2v) is 5.01. The number of carbonyl (C=O) groups excluding carboxylic acids is 1. The average molecular weight is 215 g/mol. The topological polar surface area (TPSA) is 20.3 Å². The Morgan fingerprint density at radius 1 is 1.64 bits per heavy atom. The Labute approximate surface area is 87.5 Å². The fraction of sp³-hybridized carbons (Fsp3) is 0.700. The Bertz CT molecular complexity index is 261. The third-order valence-corrected chi connectivity index (χ3v) is 3.99. The lowest BCUT2D eigenvalue weighted by Gasteiger charge is -2.26. The van der Waals surface area contributed by atoms with Crippen molar-refractivity contribution < 1.29 is 9.18 Å². The Morgan fingerprint density at radius 3 is 3.14 bits per heavy atom. The van der Waals surface area contributed by atoms with Crippen molar-refractivity contribution in [3.05, 3.63) is 11.9 Å². The van der Waals surface area contributed by atoms with E-state index in [1.165, 1.54) is 0 Å². The lowest BCUT2D eigenvalue weighted by molar-refractivity contribution is -0.130. The first-order valence-corrected chi connectivity index (χ1v) is 6.07. The number of rotatable bonds is 1. The van der Waals surface area contributed by atoms with Crippen LogP contribution in [0.3, 0.4) is 0 Å².